The van der Waals surface area contributed by atoms with Crippen molar-refractivity contribution in [1.82, 2.24) is 14.8 Å². The predicted octanol–water partition coefficient (Wildman–Crippen LogP) is 2.89. The van der Waals surface area contributed by atoms with Gasteiger partial charge in [-0.25, -0.2) is 14.0 Å². The van der Waals surface area contributed by atoms with Gasteiger partial charge in [-0.2, -0.15) is 0 Å². The third kappa shape index (κ3) is 3.75. The highest BCUT2D eigenvalue weighted by Gasteiger charge is 2.47. The molecule has 0 radical (unpaired) electrons. The van der Waals surface area contributed by atoms with Crippen molar-refractivity contribution in [3.63, 3.8) is 0 Å². The summed E-state index contributed by atoms with van der Waals surface area (Å²) in [5, 5.41) is 9.41. The fraction of sp³-hybridized carbons (Fsp3) is 0.611. The number of likely N-dealkylation sites (tertiary alicyclic amines) is 1. The van der Waals surface area contributed by atoms with Gasteiger partial charge < -0.3 is 14.9 Å². The fourth-order valence-electron chi connectivity index (χ4n) is 3.60. The largest absolute Gasteiger partial charge is 0.480 e. The van der Waals surface area contributed by atoms with E-state index in [0.29, 0.717) is 19.4 Å². The Morgan fingerprint density at radius 3 is 2.64 bits per heavy atom. The quantitative estimate of drug-likeness (QED) is 0.885. The number of urea groups is 1. The van der Waals surface area contributed by atoms with Gasteiger partial charge in [0.15, 0.2) is 5.67 Å². The van der Waals surface area contributed by atoms with Gasteiger partial charge in [-0.15, -0.1) is 0 Å². The molecule has 2 heterocycles. The molecule has 2 amide bonds. The number of hydrogen-bond acceptors (Lipinski definition) is 3. The van der Waals surface area contributed by atoms with Crippen molar-refractivity contribution < 1.29 is 19.1 Å². The predicted molar refractivity (Wildman–Crippen MR) is 91.8 cm³/mol. The zero-order valence-electron chi connectivity index (χ0n) is 15.1. The van der Waals surface area contributed by atoms with Crippen LogP contribution in [0.5, 0.6) is 0 Å². The van der Waals surface area contributed by atoms with E-state index >= 15 is 4.39 Å². The van der Waals surface area contributed by atoms with Crippen molar-refractivity contribution in [1.29, 1.82) is 0 Å². The van der Waals surface area contributed by atoms with Gasteiger partial charge >= 0.3 is 12.0 Å². The van der Waals surface area contributed by atoms with Gasteiger partial charge in [-0.1, -0.05) is 19.9 Å². The first kappa shape index (κ1) is 19.1. The Balaban J connectivity index is 2.26. The van der Waals surface area contributed by atoms with Gasteiger partial charge in [0.1, 0.15) is 6.04 Å². The lowest BCUT2D eigenvalue weighted by molar-refractivity contribution is -0.143. The molecule has 1 N–H and O–H groups in total. The van der Waals surface area contributed by atoms with E-state index in [2.05, 4.69) is 4.98 Å². The molecule has 7 heteroatoms. The number of alkyl halides is 1. The van der Waals surface area contributed by atoms with Crippen molar-refractivity contribution in [3.05, 3.63) is 30.1 Å². The number of hydrogen-bond donors (Lipinski definition) is 1. The summed E-state index contributed by atoms with van der Waals surface area (Å²) in [7, 11) is 1.47. The minimum Gasteiger partial charge on any atom is -0.480 e. The second-order valence-electron chi connectivity index (χ2n) is 7.06. The van der Waals surface area contributed by atoms with Crippen LogP contribution in [0.4, 0.5) is 9.18 Å². The van der Waals surface area contributed by atoms with Crippen LogP contribution < -0.4 is 0 Å². The van der Waals surface area contributed by atoms with E-state index in [1.807, 2.05) is 0 Å². The molecule has 138 valence electrons. The maximum absolute atomic E-state index is 15.5. The number of halogens is 1. The van der Waals surface area contributed by atoms with E-state index in [0.717, 1.165) is 0 Å². The zero-order valence-corrected chi connectivity index (χ0v) is 15.1. The molecular formula is C18H26FN3O3. The second-order valence-corrected chi connectivity index (χ2v) is 7.06. The molecule has 1 saturated heterocycles. The van der Waals surface area contributed by atoms with Crippen LogP contribution in [0.1, 0.15) is 39.3 Å². The summed E-state index contributed by atoms with van der Waals surface area (Å²) in [6.07, 6.45) is 2.72. The first-order chi connectivity index (χ1) is 11.7. The molecule has 2 rings (SSSR count). The summed E-state index contributed by atoms with van der Waals surface area (Å²) in [4.78, 5) is 31.2. The Morgan fingerprint density at radius 2 is 2.12 bits per heavy atom. The van der Waals surface area contributed by atoms with E-state index in [-0.39, 0.29) is 11.6 Å². The van der Waals surface area contributed by atoms with Crippen molar-refractivity contribution in [2.24, 2.45) is 5.92 Å². The van der Waals surface area contributed by atoms with Gasteiger partial charge in [-0.3, -0.25) is 4.98 Å². The molecule has 0 aromatic carbocycles. The van der Waals surface area contributed by atoms with Crippen LogP contribution >= 0.6 is 0 Å². The molecule has 6 nitrogen and oxygen atoms in total. The number of carboxylic acid groups (broad SMARTS) is 1. The summed E-state index contributed by atoms with van der Waals surface area (Å²) < 4.78 is 15.5. The number of carboxylic acids is 1. The average molecular weight is 351 g/mol. The molecule has 0 saturated carbocycles. The Morgan fingerprint density at radius 1 is 1.44 bits per heavy atom. The van der Waals surface area contributed by atoms with E-state index < -0.39 is 29.8 Å². The number of aromatic nitrogens is 1. The van der Waals surface area contributed by atoms with E-state index in [4.69, 9.17) is 0 Å². The molecule has 1 aliphatic heterocycles. The number of likely N-dealkylation sites (N-methyl/N-ethyl adjacent to an activating group) is 1. The van der Waals surface area contributed by atoms with Gasteiger partial charge in [0.2, 0.25) is 0 Å². The fourth-order valence-corrected chi connectivity index (χ4v) is 3.60. The van der Waals surface area contributed by atoms with Crippen LogP contribution in [-0.4, -0.2) is 57.6 Å². The Hall–Kier alpha value is -2.18. The number of aliphatic carboxylic acids is 1. The molecular weight excluding hydrogens is 325 g/mol. The number of carbonyl (C=O) groups excluding carboxylic acids is 1. The summed E-state index contributed by atoms with van der Waals surface area (Å²) in [6, 6.07) is 2.97. The molecule has 0 bridgehead atoms. The molecule has 1 aromatic rings. The highest BCUT2D eigenvalue weighted by molar-refractivity contribution is 5.83. The number of carbonyl (C=O) groups is 2. The highest BCUT2D eigenvalue weighted by atomic mass is 19.1. The smallest absolute Gasteiger partial charge is 0.326 e. The molecule has 3 atom stereocenters. The maximum atomic E-state index is 15.5. The molecule has 0 spiro atoms. The van der Waals surface area contributed by atoms with Gasteiger partial charge in [0.05, 0.1) is 11.7 Å². The van der Waals surface area contributed by atoms with Crippen LogP contribution in [0.15, 0.2) is 24.4 Å². The Kier molecular flexibility index (Phi) is 5.65. The van der Waals surface area contributed by atoms with E-state index in [1.165, 1.54) is 30.0 Å². The third-order valence-electron chi connectivity index (χ3n) is 4.89. The number of nitrogens with zero attached hydrogens (tertiary/aromatic N) is 3. The molecule has 1 aliphatic rings. The lowest BCUT2D eigenvalue weighted by Gasteiger charge is -2.38. The number of rotatable bonds is 5. The molecule has 25 heavy (non-hydrogen) atoms. The van der Waals surface area contributed by atoms with Crippen LogP contribution in [0.25, 0.3) is 0 Å². The SMILES string of the molecule is CC(C)[C@@H](C(=O)O)N(C)C(=O)N1CCC[C@@H]1C(C)(F)c1ccccn1. The first-order valence-corrected chi connectivity index (χ1v) is 8.54. The van der Waals surface area contributed by atoms with Crippen LogP contribution in [0, 0.1) is 5.92 Å². The lowest BCUT2D eigenvalue weighted by atomic mass is 9.92. The van der Waals surface area contributed by atoms with Crippen molar-refractivity contribution in [2.75, 3.05) is 13.6 Å². The average Bonchev–Trinajstić information content (AvgIpc) is 3.04. The second kappa shape index (κ2) is 7.37. The minimum atomic E-state index is -1.80. The summed E-state index contributed by atoms with van der Waals surface area (Å²) in [5.41, 5.74) is -1.52. The van der Waals surface area contributed by atoms with Gasteiger partial charge in [-0.05, 0) is 37.8 Å². The lowest BCUT2D eigenvalue weighted by Crippen LogP contribution is -2.55. The monoisotopic (exact) mass is 351 g/mol. The molecule has 1 fully saturated rings. The van der Waals surface area contributed by atoms with E-state index in [9.17, 15) is 14.7 Å². The van der Waals surface area contributed by atoms with E-state index in [1.54, 1.807) is 32.0 Å². The van der Waals surface area contributed by atoms with Crippen molar-refractivity contribution in [2.45, 2.75) is 51.4 Å². The minimum absolute atomic E-state index is 0.250. The molecule has 0 aliphatic carbocycles. The van der Waals surface area contributed by atoms with Crippen molar-refractivity contribution >= 4 is 12.0 Å². The maximum Gasteiger partial charge on any atom is 0.326 e. The molecule has 1 unspecified atom stereocenters. The van der Waals surface area contributed by atoms with Gasteiger partial charge in [0.25, 0.3) is 0 Å². The third-order valence-corrected chi connectivity index (χ3v) is 4.89. The topological polar surface area (TPSA) is 73.7 Å². The number of amides is 2. The molecule has 1 aromatic heterocycles. The van der Waals surface area contributed by atoms with Gasteiger partial charge in [0, 0.05) is 19.8 Å². The van der Waals surface area contributed by atoms with Crippen molar-refractivity contribution in [3.8, 4) is 0 Å². The van der Waals surface area contributed by atoms with Crippen LogP contribution in [0.3, 0.4) is 0 Å². The summed E-state index contributed by atoms with van der Waals surface area (Å²) in [6.45, 7) is 5.34. The van der Waals surface area contributed by atoms with Crippen LogP contribution in [-0.2, 0) is 10.5 Å². The summed E-state index contributed by atoms with van der Waals surface area (Å²) >= 11 is 0. The zero-order chi connectivity index (χ0) is 18.8. The number of pyridine rings is 1. The highest BCUT2D eigenvalue weighted by Crippen LogP contribution is 2.37. The standard InChI is InChI=1S/C18H26FN3O3/c1-12(2)15(16(23)24)21(4)17(25)22-11-7-9-14(22)18(3,19)13-8-5-6-10-20-13/h5-6,8,10,12,14-15H,7,9,11H2,1-4H3,(H,23,24)/t14-,15+,18?/m1/s1. The van der Waals surface area contributed by atoms with Crippen LogP contribution in [0.2, 0.25) is 0 Å². The Bertz CT molecular complexity index is 621. The first-order valence-electron chi connectivity index (χ1n) is 8.54. The normalized spacial score (nSPS) is 21.0. The Labute approximate surface area is 147 Å². The summed E-state index contributed by atoms with van der Waals surface area (Å²) in [5.74, 6) is -1.31.